The van der Waals surface area contributed by atoms with E-state index in [-0.39, 0.29) is 6.10 Å². The van der Waals surface area contributed by atoms with Crippen LogP contribution in [0.2, 0.25) is 0 Å². The summed E-state index contributed by atoms with van der Waals surface area (Å²) in [4.78, 5) is 6.91. The Morgan fingerprint density at radius 3 is 2.80 bits per heavy atom. The minimum Gasteiger partial charge on any atom is -0.376 e. The van der Waals surface area contributed by atoms with Gasteiger partial charge in [-0.25, -0.2) is 0 Å². The number of guanidine groups is 1. The fourth-order valence-electron chi connectivity index (χ4n) is 2.53. The highest BCUT2D eigenvalue weighted by Crippen LogP contribution is 2.10. The van der Waals surface area contributed by atoms with Gasteiger partial charge in [0.25, 0.3) is 0 Å². The van der Waals surface area contributed by atoms with E-state index in [1.54, 1.807) is 0 Å². The van der Waals surface area contributed by atoms with Crippen LogP contribution in [0.3, 0.4) is 0 Å². The number of aliphatic imine (C=N–C) groups is 1. The van der Waals surface area contributed by atoms with Crippen molar-refractivity contribution >= 4 is 5.96 Å². The van der Waals surface area contributed by atoms with Gasteiger partial charge in [-0.15, -0.1) is 0 Å². The molecule has 0 amide bonds. The Hall–Kier alpha value is -0.850. The third kappa shape index (κ3) is 5.26. The zero-order chi connectivity index (χ0) is 14.2. The summed E-state index contributed by atoms with van der Waals surface area (Å²) in [6.07, 6.45) is 2.84. The lowest BCUT2D eigenvalue weighted by Crippen LogP contribution is -2.44. The molecule has 0 aromatic carbocycles. The first-order chi connectivity index (χ1) is 9.78. The summed E-state index contributed by atoms with van der Waals surface area (Å²) in [5.41, 5.74) is 0. The van der Waals surface area contributed by atoms with Crippen molar-refractivity contribution in [1.29, 1.82) is 0 Å². The third-order valence-corrected chi connectivity index (χ3v) is 3.66. The fourth-order valence-corrected chi connectivity index (χ4v) is 2.53. The van der Waals surface area contributed by atoms with E-state index in [9.17, 15) is 0 Å². The first-order valence-electron chi connectivity index (χ1n) is 7.72. The quantitative estimate of drug-likeness (QED) is 0.552. The Morgan fingerprint density at radius 2 is 2.10 bits per heavy atom. The molecule has 2 rings (SSSR count). The number of morpholine rings is 1. The predicted molar refractivity (Wildman–Crippen MR) is 80.2 cm³/mol. The van der Waals surface area contributed by atoms with Crippen molar-refractivity contribution in [1.82, 2.24) is 15.5 Å². The van der Waals surface area contributed by atoms with Crippen LogP contribution >= 0.6 is 0 Å². The van der Waals surface area contributed by atoms with E-state index in [1.165, 1.54) is 6.42 Å². The van der Waals surface area contributed by atoms with Crippen LogP contribution in [0.5, 0.6) is 0 Å². The van der Waals surface area contributed by atoms with Crippen LogP contribution in [-0.2, 0) is 9.47 Å². The topological polar surface area (TPSA) is 58.1 Å². The highest BCUT2D eigenvalue weighted by atomic mass is 16.5. The highest BCUT2D eigenvalue weighted by Gasteiger charge is 2.18. The molecule has 0 bridgehead atoms. The first-order valence-corrected chi connectivity index (χ1v) is 7.72. The monoisotopic (exact) mass is 284 g/mol. The molecule has 6 nitrogen and oxygen atoms in total. The van der Waals surface area contributed by atoms with Gasteiger partial charge < -0.3 is 25.0 Å². The lowest BCUT2D eigenvalue weighted by Gasteiger charge is -2.29. The Labute approximate surface area is 121 Å². The number of nitrogens with one attached hydrogen (secondary N) is 2. The van der Waals surface area contributed by atoms with Gasteiger partial charge in [0.15, 0.2) is 5.96 Å². The van der Waals surface area contributed by atoms with Crippen LogP contribution in [0.25, 0.3) is 0 Å². The van der Waals surface area contributed by atoms with E-state index < -0.39 is 0 Å². The molecule has 0 aliphatic carbocycles. The van der Waals surface area contributed by atoms with Gasteiger partial charge in [0.05, 0.1) is 25.4 Å². The van der Waals surface area contributed by atoms with Crippen molar-refractivity contribution in [3.05, 3.63) is 0 Å². The van der Waals surface area contributed by atoms with E-state index in [1.807, 2.05) is 0 Å². The first kappa shape index (κ1) is 15.5. The summed E-state index contributed by atoms with van der Waals surface area (Å²) in [5.74, 6) is 0.861. The van der Waals surface area contributed by atoms with Crippen molar-refractivity contribution in [2.24, 2.45) is 4.99 Å². The summed E-state index contributed by atoms with van der Waals surface area (Å²) in [6, 6.07) is 0. The normalized spacial score (nSPS) is 28.6. The minimum atomic E-state index is 0.201. The molecule has 0 aromatic heterocycles. The second-order valence-corrected chi connectivity index (χ2v) is 5.49. The molecule has 20 heavy (non-hydrogen) atoms. The van der Waals surface area contributed by atoms with Gasteiger partial charge in [-0.05, 0) is 26.8 Å². The lowest BCUT2D eigenvalue weighted by atomic mass is 10.2. The molecule has 2 aliphatic heterocycles. The highest BCUT2D eigenvalue weighted by molar-refractivity contribution is 5.79. The second-order valence-electron chi connectivity index (χ2n) is 5.49. The SMILES string of the molecule is CCNC(=NCC1CN(C)CCO1)NCC1CCCO1. The zero-order valence-electron chi connectivity index (χ0n) is 12.7. The van der Waals surface area contributed by atoms with Crippen LogP contribution in [0, 0.1) is 0 Å². The minimum absolute atomic E-state index is 0.201. The summed E-state index contributed by atoms with van der Waals surface area (Å²) in [5, 5.41) is 6.63. The molecule has 6 heteroatoms. The smallest absolute Gasteiger partial charge is 0.191 e. The number of hydrogen-bond acceptors (Lipinski definition) is 4. The van der Waals surface area contributed by atoms with Crippen LogP contribution in [0.15, 0.2) is 4.99 Å². The number of ether oxygens (including phenoxy) is 2. The van der Waals surface area contributed by atoms with E-state index in [0.29, 0.717) is 12.6 Å². The van der Waals surface area contributed by atoms with Gasteiger partial charge >= 0.3 is 0 Å². The van der Waals surface area contributed by atoms with Crippen molar-refractivity contribution in [3.63, 3.8) is 0 Å². The standard InChI is InChI=1S/C14H28N4O2/c1-3-15-14(16-9-12-5-4-7-19-12)17-10-13-11-18(2)6-8-20-13/h12-13H,3-11H2,1-2H3,(H2,15,16,17). The summed E-state index contributed by atoms with van der Waals surface area (Å²) >= 11 is 0. The Bertz CT molecular complexity index is 306. The van der Waals surface area contributed by atoms with E-state index in [0.717, 1.165) is 51.8 Å². The van der Waals surface area contributed by atoms with E-state index >= 15 is 0 Å². The second kappa shape index (κ2) is 8.44. The maximum atomic E-state index is 5.73. The Morgan fingerprint density at radius 1 is 1.25 bits per heavy atom. The van der Waals surface area contributed by atoms with Crippen LogP contribution in [0.4, 0.5) is 0 Å². The van der Waals surface area contributed by atoms with Crippen molar-refractivity contribution < 1.29 is 9.47 Å². The summed E-state index contributed by atoms with van der Waals surface area (Å²) in [7, 11) is 2.13. The average molecular weight is 284 g/mol. The summed E-state index contributed by atoms with van der Waals surface area (Å²) < 4.78 is 11.3. The molecule has 116 valence electrons. The van der Waals surface area contributed by atoms with Gasteiger partial charge in [-0.3, -0.25) is 4.99 Å². The van der Waals surface area contributed by atoms with E-state index in [2.05, 4.69) is 34.5 Å². The van der Waals surface area contributed by atoms with Gasteiger partial charge in [0.1, 0.15) is 0 Å². The molecule has 2 fully saturated rings. The Balaban J connectivity index is 1.75. The lowest BCUT2D eigenvalue weighted by molar-refractivity contribution is -0.0136. The van der Waals surface area contributed by atoms with Gasteiger partial charge in [0, 0.05) is 32.8 Å². The fraction of sp³-hybridized carbons (Fsp3) is 0.929. The molecule has 2 heterocycles. The van der Waals surface area contributed by atoms with Gasteiger partial charge in [-0.1, -0.05) is 0 Å². The molecular weight excluding hydrogens is 256 g/mol. The maximum absolute atomic E-state index is 5.73. The number of hydrogen-bond donors (Lipinski definition) is 2. The zero-order valence-corrected chi connectivity index (χ0v) is 12.7. The van der Waals surface area contributed by atoms with Crippen LogP contribution in [0.1, 0.15) is 19.8 Å². The largest absolute Gasteiger partial charge is 0.376 e. The molecule has 2 aliphatic rings. The molecule has 0 aromatic rings. The molecular formula is C14H28N4O2. The Kier molecular flexibility index (Phi) is 6.56. The van der Waals surface area contributed by atoms with E-state index in [4.69, 9.17) is 9.47 Å². The summed E-state index contributed by atoms with van der Waals surface area (Å²) in [6.45, 7) is 8.13. The van der Waals surface area contributed by atoms with Gasteiger partial charge in [-0.2, -0.15) is 0 Å². The molecule has 2 N–H and O–H groups in total. The molecule has 2 atom stereocenters. The van der Waals surface area contributed by atoms with Crippen LogP contribution < -0.4 is 10.6 Å². The molecule has 0 saturated carbocycles. The van der Waals surface area contributed by atoms with Gasteiger partial charge in [0.2, 0.25) is 0 Å². The van der Waals surface area contributed by atoms with Crippen LogP contribution in [-0.4, -0.2) is 76.1 Å². The molecule has 2 unspecified atom stereocenters. The van der Waals surface area contributed by atoms with Crippen molar-refractivity contribution in [3.8, 4) is 0 Å². The maximum Gasteiger partial charge on any atom is 0.191 e. The number of nitrogens with zero attached hydrogens (tertiary/aromatic N) is 2. The molecule has 0 radical (unpaired) electrons. The number of likely N-dealkylation sites (N-methyl/N-ethyl adjacent to an activating group) is 1. The average Bonchev–Trinajstić information content (AvgIpc) is 2.95. The number of rotatable bonds is 5. The predicted octanol–water partition coefficient (Wildman–Crippen LogP) is 0.0511. The molecule has 2 saturated heterocycles. The molecule has 0 spiro atoms. The van der Waals surface area contributed by atoms with Crippen molar-refractivity contribution in [2.45, 2.75) is 32.0 Å². The third-order valence-electron chi connectivity index (χ3n) is 3.66. The van der Waals surface area contributed by atoms with Crippen molar-refractivity contribution in [2.75, 3.05) is 53.0 Å².